The topological polar surface area (TPSA) is 29.1 Å². The number of carbonyl (C=O) groups is 1. The first-order valence-electron chi connectivity index (χ1n) is 8.15. The van der Waals surface area contributed by atoms with E-state index in [9.17, 15) is 4.79 Å². The molecule has 0 atom stereocenters. The van der Waals surface area contributed by atoms with Crippen LogP contribution < -0.4 is 5.32 Å². The monoisotopic (exact) mass is 299 g/mol. The molecule has 1 N–H and O–H groups in total. The SMILES string of the molecule is CC#CC#CC/C=C\CCCCC/C=C/C(=O)NCC(C)C. The van der Waals surface area contributed by atoms with E-state index in [4.69, 9.17) is 0 Å². The number of nitrogens with one attached hydrogen (secondary N) is 1. The minimum absolute atomic E-state index is 0.0190. The van der Waals surface area contributed by atoms with E-state index in [1.165, 1.54) is 12.8 Å². The van der Waals surface area contributed by atoms with Gasteiger partial charge >= 0.3 is 0 Å². The van der Waals surface area contributed by atoms with Crippen LogP contribution in [-0.2, 0) is 4.79 Å². The fraction of sp³-hybridized carbons (Fsp3) is 0.550. The lowest BCUT2D eigenvalue weighted by molar-refractivity contribution is -0.116. The average Bonchev–Trinajstić information content (AvgIpc) is 2.49. The Morgan fingerprint density at radius 3 is 2.45 bits per heavy atom. The Labute approximate surface area is 136 Å². The van der Waals surface area contributed by atoms with E-state index >= 15 is 0 Å². The summed E-state index contributed by atoms with van der Waals surface area (Å²) in [7, 11) is 0. The van der Waals surface area contributed by atoms with Gasteiger partial charge in [0.25, 0.3) is 0 Å². The number of unbranched alkanes of at least 4 members (excludes halogenated alkanes) is 4. The predicted molar refractivity (Wildman–Crippen MR) is 95.1 cm³/mol. The molecule has 0 spiro atoms. The first-order chi connectivity index (χ1) is 10.7. The van der Waals surface area contributed by atoms with Crippen LogP contribution >= 0.6 is 0 Å². The van der Waals surface area contributed by atoms with E-state index in [0.29, 0.717) is 5.92 Å². The van der Waals surface area contributed by atoms with Crippen LogP contribution in [0.15, 0.2) is 24.3 Å². The zero-order valence-corrected chi connectivity index (χ0v) is 14.2. The molecule has 22 heavy (non-hydrogen) atoms. The fourth-order valence-electron chi connectivity index (χ4n) is 1.67. The lowest BCUT2D eigenvalue weighted by Gasteiger charge is -2.04. The van der Waals surface area contributed by atoms with Crippen molar-refractivity contribution in [2.45, 2.75) is 59.3 Å². The largest absolute Gasteiger partial charge is 0.352 e. The summed E-state index contributed by atoms with van der Waals surface area (Å²) in [6.07, 6.45) is 14.3. The van der Waals surface area contributed by atoms with E-state index in [1.807, 2.05) is 6.08 Å². The van der Waals surface area contributed by atoms with Gasteiger partial charge in [-0.1, -0.05) is 50.3 Å². The Kier molecular flexibility index (Phi) is 14.1. The normalized spacial score (nSPS) is 10.4. The molecular formula is C20H29NO. The predicted octanol–water partition coefficient (Wildman–Crippen LogP) is 4.24. The minimum atomic E-state index is 0.0190. The van der Waals surface area contributed by atoms with Crippen LogP contribution in [0.1, 0.15) is 59.3 Å². The summed E-state index contributed by atoms with van der Waals surface area (Å²) >= 11 is 0. The highest BCUT2D eigenvalue weighted by Gasteiger charge is 1.96. The van der Waals surface area contributed by atoms with Gasteiger partial charge < -0.3 is 5.32 Å². The van der Waals surface area contributed by atoms with Gasteiger partial charge in [-0.3, -0.25) is 4.79 Å². The van der Waals surface area contributed by atoms with Crippen molar-refractivity contribution in [2.24, 2.45) is 5.92 Å². The molecule has 0 aliphatic rings. The van der Waals surface area contributed by atoms with Crippen molar-refractivity contribution < 1.29 is 4.79 Å². The molecule has 0 saturated carbocycles. The average molecular weight is 299 g/mol. The molecule has 2 heteroatoms. The third-order valence-corrected chi connectivity index (χ3v) is 2.86. The summed E-state index contributed by atoms with van der Waals surface area (Å²) in [5, 5.41) is 2.87. The maximum Gasteiger partial charge on any atom is 0.243 e. The van der Waals surface area contributed by atoms with Crippen molar-refractivity contribution in [1.29, 1.82) is 0 Å². The molecule has 0 fully saturated rings. The standard InChI is InChI=1S/C20H29NO/c1-4-5-6-7-8-9-10-11-12-13-14-15-16-17-20(22)21-18-19(2)3/h9-10,16-17,19H,8,11-15,18H2,1-3H3,(H,21,22)/b10-9-,17-16+. The van der Waals surface area contributed by atoms with Crippen molar-refractivity contribution >= 4 is 5.91 Å². The first-order valence-corrected chi connectivity index (χ1v) is 8.15. The molecule has 1 amide bonds. The number of hydrogen-bond donors (Lipinski definition) is 1. The maximum absolute atomic E-state index is 11.4. The highest BCUT2D eigenvalue weighted by molar-refractivity contribution is 5.87. The quantitative estimate of drug-likeness (QED) is 0.278. The van der Waals surface area contributed by atoms with Crippen molar-refractivity contribution in [3.63, 3.8) is 0 Å². The van der Waals surface area contributed by atoms with Gasteiger partial charge in [0.2, 0.25) is 5.91 Å². The lowest BCUT2D eigenvalue weighted by atomic mass is 10.1. The second kappa shape index (κ2) is 15.5. The van der Waals surface area contributed by atoms with E-state index in [-0.39, 0.29) is 5.91 Å². The van der Waals surface area contributed by atoms with Crippen LogP contribution in [0.4, 0.5) is 0 Å². The molecule has 0 aromatic rings. The molecule has 0 unspecified atom stereocenters. The van der Waals surface area contributed by atoms with Crippen LogP contribution in [0.5, 0.6) is 0 Å². The van der Waals surface area contributed by atoms with Gasteiger partial charge in [-0.2, -0.15) is 0 Å². The van der Waals surface area contributed by atoms with E-state index in [2.05, 4.69) is 55.0 Å². The van der Waals surface area contributed by atoms with Gasteiger partial charge in [0, 0.05) is 13.0 Å². The molecule has 0 saturated heterocycles. The number of rotatable bonds is 10. The molecule has 120 valence electrons. The molecule has 0 aromatic heterocycles. The Morgan fingerprint density at radius 1 is 1.05 bits per heavy atom. The summed E-state index contributed by atoms with van der Waals surface area (Å²) in [6.45, 7) is 6.71. The van der Waals surface area contributed by atoms with Crippen LogP contribution in [-0.4, -0.2) is 12.5 Å². The third kappa shape index (κ3) is 16.1. The minimum Gasteiger partial charge on any atom is -0.352 e. The third-order valence-electron chi connectivity index (χ3n) is 2.86. The van der Waals surface area contributed by atoms with Gasteiger partial charge in [0.1, 0.15) is 0 Å². The summed E-state index contributed by atoms with van der Waals surface area (Å²) in [5.41, 5.74) is 0. The van der Waals surface area contributed by atoms with Crippen molar-refractivity contribution in [3.8, 4) is 23.7 Å². The Hall–Kier alpha value is -1.93. The number of amides is 1. The van der Waals surface area contributed by atoms with Crippen LogP contribution in [0.25, 0.3) is 0 Å². The lowest BCUT2D eigenvalue weighted by Crippen LogP contribution is -2.25. The van der Waals surface area contributed by atoms with Crippen LogP contribution in [0.3, 0.4) is 0 Å². The Balaban J connectivity index is 3.46. The smallest absolute Gasteiger partial charge is 0.243 e. The molecule has 0 aliphatic heterocycles. The number of carbonyl (C=O) groups excluding carboxylic acids is 1. The van der Waals surface area contributed by atoms with Gasteiger partial charge in [-0.25, -0.2) is 0 Å². The summed E-state index contributed by atoms with van der Waals surface area (Å²) in [6, 6.07) is 0. The first kappa shape index (κ1) is 20.1. The molecule has 0 aliphatic carbocycles. The fourth-order valence-corrected chi connectivity index (χ4v) is 1.67. The molecule has 0 bridgehead atoms. The van der Waals surface area contributed by atoms with Gasteiger partial charge in [-0.15, -0.1) is 0 Å². The summed E-state index contributed by atoms with van der Waals surface area (Å²) in [4.78, 5) is 11.4. The Morgan fingerprint density at radius 2 is 1.77 bits per heavy atom. The second-order valence-electron chi connectivity index (χ2n) is 5.53. The summed E-state index contributed by atoms with van der Waals surface area (Å²) in [5.74, 6) is 11.7. The van der Waals surface area contributed by atoms with Crippen molar-refractivity contribution in [3.05, 3.63) is 24.3 Å². The van der Waals surface area contributed by atoms with Gasteiger partial charge in [0.15, 0.2) is 0 Å². The highest BCUT2D eigenvalue weighted by atomic mass is 16.1. The van der Waals surface area contributed by atoms with Gasteiger partial charge in [0.05, 0.1) is 0 Å². The molecule has 2 nitrogen and oxygen atoms in total. The zero-order valence-electron chi connectivity index (χ0n) is 14.2. The van der Waals surface area contributed by atoms with Crippen molar-refractivity contribution in [1.82, 2.24) is 5.32 Å². The van der Waals surface area contributed by atoms with Crippen LogP contribution in [0, 0.1) is 29.6 Å². The zero-order chi connectivity index (χ0) is 16.5. The molecule has 0 heterocycles. The highest BCUT2D eigenvalue weighted by Crippen LogP contribution is 2.04. The Bertz CT molecular complexity index is 463. The van der Waals surface area contributed by atoms with Gasteiger partial charge in [-0.05, 0) is 56.4 Å². The summed E-state index contributed by atoms with van der Waals surface area (Å²) < 4.78 is 0. The molecule has 0 radical (unpaired) electrons. The van der Waals surface area contributed by atoms with E-state index in [1.54, 1.807) is 13.0 Å². The van der Waals surface area contributed by atoms with Crippen LogP contribution in [0.2, 0.25) is 0 Å². The maximum atomic E-state index is 11.4. The molecular weight excluding hydrogens is 270 g/mol. The second-order valence-corrected chi connectivity index (χ2v) is 5.53. The van der Waals surface area contributed by atoms with Crippen molar-refractivity contribution in [2.75, 3.05) is 6.54 Å². The van der Waals surface area contributed by atoms with E-state index < -0.39 is 0 Å². The molecule has 0 rings (SSSR count). The molecule has 0 aromatic carbocycles. The number of allylic oxidation sites excluding steroid dienone is 3. The van der Waals surface area contributed by atoms with E-state index in [0.717, 1.165) is 32.2 Å². The number of hydrogen-bond acceptors (Lipinski definition) is 1.